The van der Waals surface area contributed by atoms with Gasteiger partial charge in [0.1, 0.15) is 11.6 Å². The Morgan fingerprint density at radius 1 is 0.481 bits per heavy atom. The van der Waals surface area contributed by atoms with E-state index in [-0.39, 0.29) is 16.6 Å². The zero-order valence-corrected chi connectivity index (χ0v) is 31.8. The molecule has 0 bridgehead atoms. The van der Waals surface area contributed by atoms with Gasteiger partial charge in [-0.2, -0.15) is 0 Å². The topological polar surface area (TPSA) is 50.9 Å². The number of fused-ring (bicyclic) bond motifs is 1. The van der Waals surface area contributed by atoms with Crippen LogP contribution in [0, 0.1) is 0 Å². The van der Waals surface area contributed by atoms with Crippen molar-refractivity contribution >= 4 is 11.0 Å². The number of rotatable bonds is 6. The summed E-state index contributed by atoms with van der Waals surface area (Å²) in [5, 5.41) is 11.7. The molecule has 0 unspecified atom stereocenters. The second kappa shape index (κ2) is 13.6. The Labute approximate surface area is 318 Å². The van der Waals surface area contributed by atoms with Gasteiger partial charge >= 0.3 is 0 Å². The number of hydrogen-bond donors (Lipinski definition) is 1. The first kappa shape index (κ1) is 34.8. The molecule has 0 aliphatic rings. The summed E-state index contributed by atoms with van der Waals surface area (Å²) in [6, 6.07) is 53.0. The van der Waals surface area contributed by atoms with Crippen molar-refractivity contribution in [3.05, 3.63) is 169 Å². The summed E-state index contributed by atoms with van der Waals surface area (Å²) in [4.78, 5) is 10.2. The molecule has 54 heavy (non-hydrogen) atoms. The van der Waals surface area contributed by atoms with Crippen molar-refractivity contribution in [1.29, 1.82) is 0 Å². The Hall–Kier alpha value is -6.26. The third-order valence-electron chi connectivity index (χ3n) is 10.3. The lowest BCUT2D eigenvalue weighted by atomic mass is 9.86. The number of imidazole rings is 1. The van der Waals surface area contributed by atoms with Crippen molar-refractivity contribution < 1.29 is 5.11 Å². The number of pyridine rings is 1. The maximum absolute atomic E-state index is 11.7. The monoisotopic (exact) mass is 703 g/mol. The minimum absolute atomic E-state index is 0.00214. The van der Waals surface area contributed by atoms with E-state index in [1.165, 1.54) is 5.56 Å². The molecule has 2 heterocycles. The SMILES string of the molecule is CC(C)(C)c1ccc(-n2c(-c3ccc(C(C)(C)C)cc3O)nc3c(-c4cc(-c5ccccc5)cc(-c5ccccn5)c4)cc(-c4ccccc4)cc32)cc1. The maximum Gasteiger partial charge on any atom is 0.149 e. The summed E-state index contributed by atoms with van der Waals surface area (Å²) in [5.41, 5.74) is 14.0. The molecule has 0 aliphatic carbocycles. The van der Waals surface area contributed by atoms with E-state index in [0.29, 0.717) is 11.4 Å². The number of hydrogen-bond acceptors (Lipinski definition) is 3. The number of benzene rings is 6. The maximum atomic E-state index is 11.7. The molecule has 0 saturated heterocycles. The third-order valence-corrected chi connectivity index (χ3v) is 10.3. The Balaban J connectivity index is 1.47. The smallest absolute Gasteiger partial charge is 0.149 e. The predicted octanol–water partition coefficient (Wildman–Crippen LogP) is 13.1. The highest BCUT2D eigenvalue weighted by Crippen LogP contribution is 2.43. The first-order valence-corrected chi connectivity index (χ1v) is 18.6. The number of aromatic nitrogens is 3. The van der Waals surface area contributed by atoms with Crippen molar-refractivity contribution in [3.63, 3.8) is 0 Å². The van der Waals surface area contributed by atoms with Crippen molar-refractivity contribution in [2.45, 2.75) is 52.4 Å². The second-order valence-electron chi connectivity index (χ2n) is 16.2. The molecule has 6 aromatic carbocycles. The van der Waals surface area contributed by atoms with Crippen LogP contribution in [0.4, 0.5) is 0 Å². The highest BCUT2D eigenvalue weighted by molar-refractivity contribution is 6.00. The summed E-state index contributed by atoms with van der Waals surface area (Å²) in [6.45, 7) is 13.2. The van der Waals surface area contributed by atoms with Gasteiger partial charge in [-0.3, -0.25) is 9.55 Å². The van der Waals surface area contributed by atoms with Gasteiger partial charge in [-0.25, -0.2) is 4.98 Å². The summed E-state index contributed by atoms with van der Waals surface area (Å²) >= 11 is 0. The Kier molecular flexibility index (Phi) is 8.78. The van der Waals surface area contributed by atoms with Gasteiger partial charge in [0.25, 0.3) is 0 Å². The zero-order valence-electron chi connectivity index (χ0n) is 31.8. The van der Waals surface area contributed by atoms with Gasteiger partial charge in [-0.15, -0.1) is 0 Å². The molecule has 0 atom stereocenters. The highest BCUT2D eigenvalue weighted by Gasteiger charge is 2.24. The molecular weight excluding hydrogens is 659 g/mol. The van der Waals surface area contributed by atoms with Gasteiger partial charge in [0.15, 0.2) is 0 Å². The number of phenolic OH excluding ortho intramolecular Hbond substituents is 1. The number of phenols is 1. The summed E-state index contributed by atoms with van der Waals surface area (Å²) in [5.74, 6) is 0.890. The van der Waals surface area contributed by atoms with Gasteiger partial charge in [0.05, 0.1) is 22.3 Å². The normalized spacial score (nSPS) is 12.0. The van der Waals surface area contributed by atoms with E-state index in [1.807, 2.05) is 36.5 Å². The van der Waals surface area contributed by atoms with Crippen LogP contribution in [0.15, 0.2) is 158 Å². The van der Waals surface area contributed by atoms with Gasteiger partial charge < -0.3 is 5.11 Å². The molecule has 0 spiro atoms. The number of nitrogens with zero attached hydrogens (tertiary/aromatic N) is 3. The summed E-state index contributed by atoms with van der Waals surface area (Å²) in [6.07, 6.45) is 1.84. The molecule has 4 heteroatoms. The lowest BCUT2D eigenvalue weighted by molar-refractivity contribution is 0.472. The van der Waals surface area contributed by atoms with Crippen LogP contribution >= 0.6 is 0 Å². The van der Waals surface area contributed by atoms with Crippen LogP contribution in [0.2, 0.25) is 0 Å². The quantitative estimate of drug-likeness (QED) is 0.188. The molecule has 0 amide bonds. The van der Waals surface area contributed by atoms with Crippen LogP contribution in [0.3, 0.4) is 0 Å². The molecule has 0 saturated carbocycles. The van der Waals surface area contributed by atoms with Crippen molar-refractivity contribution in [2.24, 2.45) is 0 Å². The largest absolute Gasteiger partial charge is 0.507 e. The average molecular weight is 704 g/mol. The standard InChI is InChI=1S/C50H45N3O/c1-49(2,3)39-20-23-41(24-21-39)53-45-31-36(34-17-11-8-12-18-34)30-43(47(45)52-48(53)42-25-22-40(32-46(42)54)50(4,5)6)37-27-35(33-15-9-7-10-16-33)28-38(29-37)44-19-13-14-26-51-44/h7-32,54H,1-6H3. The third kappa shape index (κ3) is 6.72. The van der Waals surface area contributed by atoms with E-state index in [9.17, 15) is 5.11 Å². The lowest BCUT2D eigenvalue weighted by Gasteiger charge is -2.21. The van der Waals surface area contributed by atoms with Gasteiger partial charge in [-0.1, -0.05) is 126 Å². The Morgan fingerprint density at radius 3 is 1.65 bits per heavy atom. The van der Waals surface area contributed by atoms with Crippen molar-refractivity contribution in [1.82, 2.24) is 14.5 Å². The van der Waals surface area contributed by atoms with Crippen LogP contribution < -0.4 is 0 Å². The minimum Gasteiger partial charge on any atom is -0.507 e. The molecule has 0 fully saturated rings. The van der Waals surface area contributed by atoms with Crippen LogP contribution in [-0.2, 0) is 10.8 Å². The summed E-state index contributed by atoms with van der Waals surface area (Å²) in [7, 11) is 0. The van der Waals surface area contributed by atoms with E-state index in [0.717, 1.165) is 66.9 Å². The molecule has 2 aromatic heterocycles. The van der Waals surface area contributed by atoms with Crippen LogP contribution in [0.25, 0.3) is 72.7 Å². The molecule has 8 aromatic rings. The molecule has 8 rings (SSSR count). The van der Waals surface area contributed by atoms with E-state index < -0.39 is 0 Å². The Bertz CT molecular complexity index is 2530. The highest BCUT2D eigenvalue weighted by atomic mass is 16.3. The van der Waals surface area contributed by atoms with E-state index >= 15 is 0 Å². The van der Waals surface area contributed by atoms with Crippen molar-refractivity contribution in [3.8, 4) is 67.5 Å². The molecule has 1 N–H and O–H groups in total. The fraction of sp³-hybridized carbons (Fsp3) is 0.160. The van der Waals surface area contributed by atoms with Crippen LogP contribution in [0.5, 0.6) is 5.75 Å². The van der Waals surface area contributed by atoms with Crippen molar-refractivity contribution in [2.75, 3.05) is 0 Å². The molecular formula is C50H45N3O. The fourth-order valence-corrected chi connectivity index (χ4v) is 7.20. The fourth-order valence-electron chi connectivity index (χ4n) is 7.20. The van der Waals surface area contributed by atoms with E-state index in [4.69, 9.17) is 9.97 Å². The second-order valence-corrected chi connectivity index (χ2v) is 16.2. The Morgan fingerprint density at radius 2 is 1.06 bits per heavy atom. The van der Waals surface area contributed by atoms with Gasteiger partial charge in [0.2, 0.25) is 0 Å². The molecule has 4 nitrogen and oxygen atoms in total. The summed E-state index contributed by atoms with van der Waals surface area (Å²) < 4.78 is 2.21. The first-order valence-electron chi connectivity index (χ1n) is 18.6. The van der Waals surface area contributed by atoms with E-state index in [1.54, 1.807) is 0 Å². The zero-order chi connectivity index (χ0) is 37.6. The lowest BCUT2D eigenvalue weighted by Crippen LogP contribution is -2.11. The van der Waals surface area contributed by atoms with Crippen LogP contribution in [0.1, 0.15) is 52.7 Å². The molecule has 0 radical (unpaired) electrons. The van der Waals surface area contributed by atoms with E-state index in [2.05, 4.69) is 167 Å². The average Bonchev–Trinajstić information content (AvgIpc) is 3.57. The van der Waals surface area contributed by atoms with Crippen LogP contribution in [-0.4, -0.2) is 19.6 Å². The van der Waals surface area contributed by atoms with Gasteiger partial charge in [-0.05, 0) is 117 Å². The van der Waals surface area contributed by atoms with Gasteiger partial charge in [0, 0.05) is 23.0 Å². The minimum atomic E-state index is -0.119. The predicted molar refractivity (Wildman–Crippen MR) is 225 cm³/mol. The molecule has 266 valence electrons. The number of aromatic hydroxyl groups is 1. The molecule has 0 aliphatic heterocycles. The first-order chi connectivity index (χ1) is 25.9.